The third kappa shape index (κ3) is 2.08. The van der Waals surface area contributed by atoms with Crippen molar-refractivity contribution in [3.63, 3.8) is 0 Å². The Morgan fingerprint density at radius 1 is 1.44 bits per heavy atom. The summed E-state index contributed by atoms with van der Waals surface area (Å²) in [6, 6.07) is 6.89. The third-order valence-electron chi connectivity index (χ3n) is 2.13. The van der Waals surface area contributed by atoms with Crippen molar-refractivity contribution < 1.29 is 9.53 Å². The second kappa shape index (κ2) is 4.57. The molecule has 0 aliphatic carbocycles. The van der Waals surface area contributed by atoms with Crippen LogP contribution in [0.15, 0.2) is 24.3 Å². The lowest BCUT2D eigenvalue weighted by molar-refractivity contribution is 0.112. The van der Waals surface area contributed by atoms with Gasteiger partial charge in [-0.05, 0) is 18.6 Å². The van der Waals surface area contributed by atoms with Crippen LogP contribution in [0.1, 0.15) is 23.0 Å². The molecule has 0 radical (unpaired) electrons. The number of rotatable bonds is 4. The van der Waals surface area contributed by atoms with Crippen molar-refractivity contribution in [2.45, 2.75) is 13.3 Å². The normalized spacial score (nSPS) is 10.1. The van der Waals surface area contributed by atoms with Crippen LogP contribution in [0.4, 0.5) is 0 Å². The number of aromatic nitrogens is 3. The number of aldehydes is 1. The lowest BCUT2D eigenvalue weighted by atomic mass is 10.2. The van der Waals surface area contributed by atoms with E-state index in [4.69, 9.17) is 4.74 Å². The van der Waals surface area contributed by atoms with Crippen molar-refractivity contribution >= 4 is 6.29 Å². The van der Waals surface area contributed by atoms with Crippen LogP contribution in [-0.2, 0) is 6.42 Å². The fourth-order valence-corrected chi connectivity index (χ4v) is 1.32. The Balaban J connectivity index is 2.23. The number of hydrogen-bond donors (Lipinski definition) is 1. The molecule has 5 heteroatoms. The minimum absolute atomic E-state index is 0.450. The average Bonchev–Trinajstić information content (AvgIpc) is 2.76. The molecule has 0 fully saturated rings. The standard InChI is InChI=1S/C11H11N3O2/c1-2-10-11(13-14-12-10)16-9-5-3-4-8(6-9)7-15/h3-7H,2H2,1H3,(H,12,13,14). The molecule has 0 saturated carbocycles. The predicted octanol–water partition coefficient (Wildman–Crippen LogP) is 1.97. The number of benzene rings is 1. The third-order valence-corrected chi connectivity index (χ3v) is 2.13. The van der Waals surface area contributed by atoms with Crippen LogP contribution in [0.25, 0.3) is 0 Å². The van der Waals surface area contributed by atoms with E-state index < -0.39 is 0 Å². The molecule has 0 amide bonds. The lowest BCUT2D eigenvalue weighted by Gasteiger charge is -2.03. The second-order valence-corrected chi connectivity index (χ2v) is 3.22. The Morgan fingerprint density at radius 3 is 3.06 bits per heavy atom. The van der Waals surface area contributed by atoms with Crippen LogP contribution in [0.5, 0.6) is 11.6 Å². The number of carbonyl (C=O) groups is 1. The van der Waals surface area contributed by atoms with Crippen molar-refractivity contribution in [2.75, 3.05) is 0 Å². The van der Waals surface area contributed by atoms with E-state index in [9.17, 15) is 4.79 Å². The quantitative estimate of drug-likeness (QED) is 0.795. The van der Waals surface area contributed by atoms with Crippen LogP contribution < -0.4 is 4.74 Å². The molecule has 0 atom stereocenters. The summed E-state index contributed by atoms with van der Waals surface area (Å²) in [5, 5.41) is 10.3. The van der Waals surface area contributed by atoms with Crippen LogP contribution >= 0.6 is 0 Å². The first-order chi connectivity index (χ1) is 7.83. The number of nitrogens with zero attached hydrogens (tertiary/aromatic N) is 2. The van der Waals surface area contributed by atoms with Crippen LogP contribution in [-0.4, -0.2) is 21.7 Å². The first-order valence-corrected chi connectivity index (χ1v) is 4.96. The highest BCUT2D eigenvalue weighted by Crippen LogP contribution is 2.22. The molecule has 1 N–H and O–H groups in total. The minimum atomic E-state index is 0.450. The lowest BCUT2D eigenvalue weighted by Crippen LogP contribution is -1.90. The van der Waals surface area contributed by atoms with E-state index in [2.05, 4.69) is 15.4 Å². The van der Waals surface area contributed by atoms with Gasteiger partial charge in [-0.15, -0.1) is 5.10 Å². The molecular formula is C11H11N3O2. The van der Waals surface area contributed by atoms with Gasteiger partial charge < -0.3 is 4.74 Å². The molecule has 0 aliphatic rings. The average molecular weight is 217 g/mol. The summed E-state index contributed by atoms with van der Waals surface area (Å²) in [5.41, 5.74) is 1.33. The van der Waals surface area contributed by atoms with Gasteiger partial charge in [-0.2, -0.15) is 10.3 Å². The summed E-state index contributed by atoms with van der Waals surface area (Å²) in [7, 11) is 0. The highest BCUT2D eigenvalue weighted by molar-refractivity contribution is 5.75. The Morgan fingerprint density at radius 2 is 2.31 bits per heavy atom. The van der Waals surface area contributed by atoms with Gasteiger partial charge in [-0.25, -0.2) is 0 Å². The second-order valence-electron chi connectivity index (χ2n) is 3.22. The number of H-pyrrole nitrogens is 1. The highest BCUT2D eigenvalue weighted by Gasteiger charge is 2.08. The number of aryl methyl sites for hydroxylation is 1. The van der Waals surface area contributed by atoms with Crippen LogP contribution in [0.2, 0.25) is 0 Å². The number of carbonyl (C=O) groups excluding carboxylic acids is 1. The van der Waals surface area contributed by atoms with Crippen LogP contribution in [0.3, 0.4) is 0 Å². The predicted molar refractivity (Wildman–Crippen MR) is 57.7 cm³/mol. The van der Waals surface area contributed by atoms with Crippen molar-refractivity contribution in [2.24, 2.45) is 0 Å². The van der Waals surface area contributed by atoms with Gasteiger partial charge in [0.25, 0.3) is 5.88 Å². The van der Waals surface area contributed by atoms with Gasteiger partial charge in [0.1, 0.15) is 17.7 Å². The van der Waals surface area contributed by atoms with E-state index in [0.29, 0.717) is 17.2 Å². The molecule has 5 nitrogen and oxygen atoms in total. The SMILES string of the molecule is CCc1n[nH]nc1Oc1cccc(C=O)c1. The smallest absolute Gasteiger partial charge is 0.261 e. The number of ether oxygens (including phenoxy) is 1. The van der Waals surface area contributed by atoms with E-state index in [0.717, 1.165) is 18.4 Å². The molecule has 0 aliphatic heterocycles. The summed E-state index contributed by atoms with van der Waals surface area (Å²) < 4.78 is 5.52. The molecule has 1 heterocycles. The van der Waals surface area contributed by atoms with Crippen molar-refractivity contribution in [1.82, 2.24) is 15.4 Å². The summed E-state index contributed by atoms with van der Waals surface area (Å²) in [6.45, 7) is 1.96. The number of nitrogens with one attached hydrogen (secondary N) is 1. The zero-order chi connectivity index (χ0) is 11.4. The molecule has 16 heavy (non-hydrogen) atoms. The minimum Gasteiger partial charge on any atom is -0.436 e. The molecule has 1 aromatic carbocycles. The first kappa shape index (κ1) is 10.4. The van der Waals surface area contributed by atoms with Gasteiger partial charge in [0.2, 0.25) is 0 Å². The van der Waals surface area contributed by atoms with Gasteiger partial charge in [-0.1, -0.05) is 19.1 Å². The fourth-order valence-electron chi connectivity index (χ4n) is 1.32. The molecule has 2 aromatic rings. The Hall–Kier alpha value is -2.17. The van der Waals surface area contributed by atoms with Gasteiger partial charge in [0.15, 0.2) is 0 Å². The maximum absolute atomic E-state index is 10.6. The molecule has 0 bridgehead atoms. The van der Waals surface area contributed by atoms with Gasteiger partial charge in [0, 0.05) is 5.56 Å². The zero-order valence-corrected chi connectivity index (χ0v) is 8.80. The zero-order valence-electron chi connectivity index (χ0n) is 8.80. The van der Waals surface area contributed by atoms with Crippen molar-refractivity contribution in [3.05, 3.63) is 35.5 Å². The first-order valence-electron chi connectivity index (χ1n) is 4.96. The molecule has 0 spiro atoms. The van der Waals surface area contributed by atoms with Gasteiger partial charge in [0.05, 0.1) is 0 Å². The Kier molecular flexibility index (Phi) is 2.95. The summed E-state index contributed by atoms with van der Waals surface area (Å²) in [5.74, 6) is 1.03. The van der Waals surface area contributed by atoms with Crippen LogP contribution in [0, 0.1) is 0 Å². The summed E-state index contributed by atoms with van der Waals surface area (Å²) in [6.07, 6.45) is 1.51. The monoisotopic (exact) mass is 217 g/mol. The van der Waals surface area contributed by atoms with Gasteiger partial charge in [-0.3, -0.25) is 4.79 Å². The maximum atomic E-state index is 10.6. The fraction of sp³-hybridized carbons (Fsp3) is 0.182. The van der Waals surface area contributed by atoms with E-state index in [1.807, 2.05) is 6.92 Å². The molecular weight excluding hydrogens is 206 g/mol. The van der Waals surface area contributed by atoms with E-state index >= 15 is 0 Å². The molecule has 2 rings (SSSR count). The van der Waals surface area contributed by atoms with E-state index in [-0.39, 0.29) is 0 Å². The van der Waals surface area contributed by atoms with E-state index in [1.165, 1.54) is 0 Å². The molecule has 82 valence electrons. The van der Waals surface area contributed by atoms with Gasteiger partial charge >= 0.3 is 0 Å². The molecule has 0 saturated heterocycles. The Bertz CT molecular complexity index is 493. The number of aromatic amines is 1. The Labute approximate surface area is 92.4 Å². The molecule has 1 aromatic heterocycles. The van der Waals surface area contributed by atoms with Crippen molar-refractivity contribution in [1.29, 1.82) is 0 Å². The highest BCUT2D eigenvalue weighted by atomic mass is 16.5. The molecule has 0 unspecified atom stereocenters. The number of hydrogen-bond acceptors (Lipinski definition) is 4. The maximum Gasteiger partial charge on any atom is 0.261 e. The topological polar surface area (TPSA) is 67.9 Å². The summed E-state index contributed by atoms with van der Waals surface area (Å²) >= 11 is 0. The van der Waals surface area contributed by atoms with Crippen molar-refractivity contribution in [3.8, 4) is 11.6 Å². The van der Waals surface area contributed by atoms with E-state index in [1.54, 1.807) is 24.3 Å². The summed E-state index contributed by atoms with van der Waals surface area (Å²) in [4.78, 5) is 10.6. The largest absolute Gasteiger partial charge is 0.436 e.